The third-order valence-electron chi connectivity index (χ3n) is 6.99. The fourth-order valence-electron chi connectivity index (χ4n) is 4.61. The first-order valence-corrected chi connectivity index (χ1v) is 17.5. The van der Waals surface area contributed by atoms with Crippen LogP contribution in [-0.2, 0) is 14.8 Å². The second kappa shape index (κ2) is 13.6. The number of sulfonamides is 1. The summed E-state index contributed by atoms with van der Waals surface area (Å²) in [5.74, 6) is -0.415. The van der Waals surface area contributed by atoms with Gasteiger partial charge in [-0.25, -0.2) is 0 Å². The minimum absolute atomic E-state index is 0.0105. The van der Waals surface area contributed by atoms with Crippen LogP contribution < -0.4 is 31.5 Å². The van der Waals surface area contributed by atoms with Gasteiger partial charge in [-0.3, -0.25) is 0 Å². The van der Waals surface area contributed by atoms with Gasteiger partial charge in [-0.2, -0.15) is 0 Å². The van der Waals surface area contributed by atoms with E-state index in [2.05, 4.69) is 10.2 Å². The van der Waals surface area contributed by atoms with E-state index in [1.807, 2.05) is 35.1 Å². The molecule has 1 saturated heterocycles. The normalized spacial score (nSPS) is 18.2. The van der Waals surface area contributed by atoms with Gasteiger partial charge in [-0.1, -0.05) is 0 Å². The molecule has 1 saturated carbocycles. The molecule has 9 nitrogen and oxygen atoms in total. The fourth-order valence-corrected chi connectivity index (χ4v) is 8.40. The van der Waals surface area contributed by atoms with Crippen LogP contribution in [0.2, 0.25) is 0 Å². The number of amides is 1. The van der Waals surface area contributed by atoms with Crippen LogP contribution in [0.1, 0.15) is 44.9 Å². The van der Waals surface area contributed by atoms with Crippen LogP contribution in [0.15, 0.2) is 58.3 Å². The van der Waals surface area contributed by atoms with Crippen molar-refractivity contribution in [2.75, 3.05) is 30.7 Å². The van der Waals surface area contributed by atoms with Crippen molar-refractivity contribution in [2.24, 2.45) is 0 Å². The Labute approximate surface area is 243 Å². The van der Waals surface area contributed by atoms with Gasteiger partial charge in [0.05, 0.1) is 0 Å². The van der Waals surface area contributed by atoms with Gasteiger partial charge in [-0.05, 0) is 0 Å². The second-order valence-electron chi connectivity index (χ2n) is 9.86. The number of nitrogens with zero attached hydrogens (tertiary/aromatic N) is 2. The van der Waals surface area contributed by atoms with Crippen LogP contribution in [0, 0.1) is 8.48 Å². The van der Waals surface area contributed by atoms with Gasteiger partial charge in [0, 0.05) is 0 Å². The van der Waals surface area contributed by atoms with Gasteiger partial charge in [-0.15, -0.1) is 0 Å². The van der Waals surface area contributed by atoms with E-state index in [0.717, 1.165) is 43.1 Å². The molecule has 1 atom stereocenters. The summed E-state index contributed by atoms with van der Waals surface area (Å²) in [7, 11) is -4.38. The molecule has 3 N–H and O–H groups in total. The Kier molecular flexibility index (Phi) is 10.5. The number of nitrogens with one attached hydrogen (secondary N) is 2. The van der Waals surface area contributed by atoms with Crippen LogP contribution in [0.5, 0.6) is 0 Å². The van der Waals surface area contributed by atoms with Crippen molar-refractivity contribution in [3.8, 4) is 0 Å². The zero-order valence-electron chi connectivity index (χ0n) is 21.5. The number of carbonyl (C=O) groups is 1. The number of benzene rings is 2. The van der Waals surface area contributed by atoms with Gasteiger partial charge in [0.2, 0.25) is 0 Å². The predicted octanol–water partition coefficient (Wildman–Crippen LogP) is 1.17. The van der Waals surface area contributed by atoms with Crippen molar-refractivity contribution in [1.82, 2.24) is 9.62 Å². The molecule has 2 fully saturated rings. The average Bonchev–Trinajstić information content (AvgIpc) is 2.87. The van der Waals surface area contributed by atoms with Gasteiger partial charge in [0.1, 0.15) is 0 Å². The Hall–Kier alpha value is -1.97. The van der Waals surface area contributed by atoms with Crippen LogP contribution in [0.4, 0.5) is 10.1 Å². The van der Waals surface area contributed by atoms with Crippen molar-refractivity contribution < 1.29 is 47.4 Å². The van der Waals surface area contributed by atoms with Crippen LogP contribution in [-0.4, -0.2) is 64.7 Å². The summed E-state index contributed by atoms with van der Waals surface area (Å²) >= 11 is 0.0372. The molecule has 0 aromatic heterocycles. The number of halogens is 2. The molecule has 0 bridgehead atoms. The molecular weight excluding hydrogens is 658 g/mol. The molecule has 0 radical (unpaired) electrons. The molecular formula is C26H34FIN4O5S2. The molecule has 4 rings (SSSR count). The minimum atomic E-state index is -4.38. The van der Waals surface area contributed by atoms with E-state index in [-0.39, 0.29) is 26.9 Å². The molecule has 39 heavy (non-hydrogen) atoms. The third kappa shape index (κ3) is 8.51. The molecule has 0 unspecified atom stereocenters. The molecule has 13 heteroatoms. The van der Waals surface area contributed by atoms with E-state index in [1.54, 1.807) is 17.8 Å². The number of hydrogen-bond donors (Lipinski definition) is 3. The summed E-state index contributed by atoms with van der Waals surface area (Å²) in [6.45, 7) is 3.06. The van der Waals surface area contributed by atoms with Crippen molar-refractivity contribution in [3.63, 3.8) is 0 Å². The number of alkyl halides is 1. The Morgan fingerprint density at radius 3 is 2.49 bits per heavy atom. The van der Waals surface area contributed by atoms with Crippen LogP contribution >= 0.6 is 11.8 Å². The standard InChI is InChI=1S/C26H34FIN4O5S2/c27-26(13-5-2-6-14-26)25(33)30-39(36,37)22-10-11-24(23(18-22)28-32(34)35)29-20(12-17-31-15-7-16-31)19-38-21-8-3-1-4-9-21/h1,3-4,8-11,18,20,29H,2,5-7,12-17,19H2,(H,30,33)(H,34,35)/t20-/m1/s1. The Morgan fingerprint density at radius 2 is 1.85 bits per heavy atom. The maximum absolute atomic E-state index is 15.1. The summed E-state index contributed by atoms with van der Waals surface area (Å²) < 4.78 is 43.2. The number of hydrogen-bond acceptors (Lipinski definition) is 7. The first-order valence-electron chi connectivity index (χ1n) is 13.0. The van der Waals surface area contributed by atoms with Crippen molar-refractivity contribution >= 4 is 33.4 Å². The molecule has 1 heterocycles. The van der Waals surface area contributed by atoms with Crippen molar-refractivity contribution in [2.45, 2.75) is 66.4 Å². The molecule has 2 aliphatic rings. The number of anilines is 1. The monoisotopic (exact) mass is 692 g/mol. The van der Waals surface area contributed by atoms with Crippen molar-refractivity contribution in [1.29, 1.82) is 0 Å². The first kappa shape index (κ1) is 30.0. The van der Waals surface area contributed by atoms with Gasteiger partial charge in [0.15, 0.2) is 0 Å². The summed E-state index contributed by atoms with van der Waals surface area (Å²) in [6.07, 6.45) is 3.87. The number of rotatable bonds is 13. The van der Waals surface area contributed by atoms with E-state index < -0.39 is 43.1 Å². The molecule has 2 aromatic carbocycles. The predicted molar refractivity (Wildman–Crippen MR) is 143 cm³/mol. The third-order valence-corrected chi connectivity index (χ3v) is 11.3. The zero-order valence-corrected chi connectivity index (χ0v) is 25.3. The Bertz CT molecular complexity index is 1260. The number of thioether (sulfide) groups is 1. The molecule has 0 spiro atoms. The molecule has 1 aliphatic heterocycles. The summed E-state index contributed by atoms with van der Waals surface area (Å²) in [5, 5.41) is 13.0. The van der Waals surface area contributed by atoms with Crippen molar-refractivity contribution in [3.05, 3.63) is 57.0 Å². The first-order chi connectivity index (χ1) is 18.6. The Morgan fingerprint density at radius 1 is 1.13 bits per heavy atom. The molecule has 2 aromatic rings. The molecule has 1 amide bonds. The second-order valence-corrected chi connectivity index (χ2v) is 15.1. The summed E-state index contributed by atoms with van der Waals surface area (Å²) in [5.41, 5.74) is -1.65. The molecule has 214 valence electrons. The van der Waals surface area contributed by atoms with Gasteiger partial charge >= 0.3 is 245 Å². The van der Waals surface area contributed by atoms with E-state index >= 15 is 4.39 Å². The quantitative estimate of drug-likeness (QED) is 0.124. The van der Waals surface area contributed by atoms with E-state index in [4.69, 9.17) is 0 Å². The number of carbonyl (C=O) groups excluding carboxylic acids is 1. The zero-order chi connectivity index (χ0) is 27.9. The maximum atomic E-state index is 15.1. The topological polar surface area (TPSA) is 119 Å². The van der Waals surface area contributed by atoms with Crippen LogP contribution in [0.3, 0.4) is 0 Å². The number of likely N-dealkylation sites (tertiary alicyclic amines) is 1. The van der Waals surface area contributed by atoms with E-state index in [0.29, 0.717) is 22.1 Å². The average molecular weight is 693 g/mol. The summed E-state index contributed by atoms with van der Waals surface area (Å²) in [6, 6.07) is 14.2. The fraction of sp³-hybridized carbons (Fsp3) is 0.500. The van der Waals surface area contributed by atoms with E-state index in [9.17, 15) is 23.3 Å². The van der Waals surface area contributed by atoms with E-state index in [1.165, 1.54) is 18.6 Å². The summed E-state index contributed by atoms with van der Waals surface area (Å²) in [4.78, 5) is 27.4. The van der Waals surface area contributed by atoms with Gasteiger partial charge in [0.25, 0.3) is 0 Å². The van der Waals surface area contributed by atoms with Crippen LogP contribution in [0.25, 0.3) is 0 Å². The molecule has 1 aliphatic carbocycles. The SMILES string of the molecule is O=C(NS(=O)(=O)c1ccc(N[C@H](CCN2CCC2)CSc2ccccc2)c([I-][N+](=O)O)c1)C1(F)CCCCC1. The van der Waals surface area contributed by atoms with Gasteiger partial charge < -0.3 is 0 Å². The Balaban J connectivity index is 1.52.